The third kappa shape index (κ3) is 5.16. The van der Waals surface area contributed by atoms with Crippen LogP contribution in [0.5, 0.6) is 0 Å². The molecule has 1 N–H and O–H groups in total. The predicted molar refractivity (Wildman–Crippen MR) is 119 cm³/mol. The number of carbonyl (C=O) groups is 2. The van der Waals surface area contributed by atoms with Gasteiger partial charge >= 0.3 is 12.2 Å². The Morgan fingerprint density at radius 2 is 1.91 bits per heavy atom. The van der Waals surface area contributed by atoms with Crippen LogP contribution in [0.2, 0.25) is 0 Å². The third-order valence-electron chi connectivity index (χ3n) is 5.28. The molecule has 172 valence electrons. The van der Waals surface area contributed by atoms with Gasteiger partial charge in [0.05, 0.1) is 22.7 Å². The highest BCUT2D eigenvalue weighted by atomic mass is 32.1. The number of urea groups is 1. The number of hydrogen-bond acceptors (Lipinski definition) is 4. The number of benzene rings is 1. The Morgan fingerprint density at radius 1 is 1.15 bits per heavy atom. The molecule has 1 fully saturated rings. The van der Waals surface area contributed by atoms with Gasteiger partial charge in [0, 0.05) is 25.8 Å². The molecule has 1 aromatic carbocycles. The van der Waals surface area contributed by atoms with E-state index in [1.807, 2.05) is 19.1 Å². The number of alkyl halides is 3. The number of nitrogens with zero attached hydrogens (tertiary/aromatic N) is 3. The average molecular weight is 475 g/mol. The number of nitrogens with one attached hydrogen (secondary N) is 1. The van der Waals surface area contributed by atoms with Gasteiger partial charge in [-0.15, -0.1) is 11.3 Å². The van der Waals surface area contributed by atoms with Crippen LogP contribution < -0.4 is 10.2 Å². The van der Waals surface area contributed by atoms with Crippen molar-refractivity contribution in [3.8, 4) is 0 Å². The first-order valence-corrected chi connectivity index (χ1v) is 11.0. The highest BCUT2D eigenvalue weighted by Gasteiger charge is 2.32. The topological polar surface area (TPSA) is 65.5 Å². The summed E-state index contributed by atoms with van der Waals surface area (Å²) < 4.78 is 38.3. The quantitative estimate of drug-likeness (QED) is 0.556. The number of rotatable bonds is 6. The Bertz CT molecular complexity index is 1150. The first-order valence-electron chi connectivity index (χ1n) is 10.2. The smallest absolute Gasteiger partial charge is 0.346 e. The molecule has 33 heavy (non-hydrogen) atoms. The minimum absolute atomic E-state index is 0.218. The van der Waals surface area contributed by atoms with Crippen LogP contribution in [0.1, 0.15) is 32.1 Å². The van der Waals surface area contributed by atoms with E-state index in [2.05, 4.69) is 10.3 Å². The summed E-state index contributed by atoms with van der Waals surface area (Å²) in [7, 11) is 0. The molecular formula is C23H21F3N4O2S. The van der Waals surface area contributed by atoms with Crippen LogP contribution in [0.15, 0.2) is 54.7 Å². The van der Waals surface area contributed by atoms with Crippen molar-refractivity contribution in [1.29, 1.82) is 0 Å². The molecule has 3 aromatic rings. The lowest BCUT2D eigenvalue weighted by Crippen LogP contribution is -2.31. The monoisotopic (exact) mass is 474 g/mol. The number of thiophene rings is 1. The summed E-state index contributed by atoms with van der Waals surface area (Å²) in [6.45, 7) is 3.22. The van der Waals surface area contributed by atoms with Crippen LogP contribution in [0.4, 0.5) is 23.0 Å². The van der Waals surface area contributed by atoms with Gasteiger partial charge in [-0.25, -0.2) is 4.79 Å². The van der Waals surface area contributed by atoms with E-state index in [9.17, 15) is 22.8 Å². The molecule has 1 aliphatic rings. The minimum atomic E-state index is -4.39. The normalized spacial score (nSPS) is 14.1. The van der Waals surface area contributed by atoms with Gasteiger partial charge in [0.25, 0.3) is 5.91 Å². The number of pyridine rings is 1. The van der Waals surface area contributed by atoms with Crippen molar-refractivity contribution in [3.63, 3.8) is 0 Å². The summed E-state index contributed by atoms with van der Waals surface area (Å²) in [6, 6.07) is 11.8. The maximum Gasteiger partial charge on any atom is 0.416 e. The Labute approximate surface area is 192 Å². The van der Waals surface area contributed by atoms with E-state index < -0.39 is 11.7 Å². The molecule has 0 spiro atoms. The minimum Gasteiger partial charge on any atom is -0.346 e. The molecule has 4 rings (SSSR count). The number of anilines is 1. The van der Waals surface area contributed by atoms with Gasteiger partial charge in [-0.05, 0) is 48.4 Å². The van der Waals surface area contributed by atoms with Gasteiger partial charge in [0.2, 0.25) is 0 Å². The Hall–Kier alpha value is -3.40. The second-order valence-electron chi connectivity index (χ2n) is 7.65. The van der Waals surface area contributed by atoms with E-state index in [1.165, 1.54) is 23.5 Å². The second-order valence-corrected chi connectivity index (χ2v) is 8.68. The van der Waals surface area contributed by atoms with E-state index in [1.54, 1.807) is 28.1 Å². The molecule has 6 nitrogen and oxygen atoms in total. The maximum atomic E-state index is 12.9. The zero-order valence-corrected chi connectivity index (χ0v) is 18.5. The van der Waals surface area contributed by atoms with Crippen molar-refractivity contribution in [1.82, 2.24) is 15.2 Å². The number of aromatic nitrogens is 1. The van der Waals surface area contributed by atoms with Gasteiger partial charge in [0.15, 0.2) is 0 Å². The molecule has 3 heterocycles. The summed E-state index contributed by atoms with van der Waals surface area (Å²) in [4.78, 5) is 33.4. The first kappa shape index (κ1) is 22.8. The van der Waals surface area contributed by atoms with Gasteiger partial charge < -0.3 is 10.2 Å². The number of aryl methyl sites for hydroxylation is 1. The number of halogens is 3. The van der Waals surface area contributed by atoms with Crippen molar-refractivity contribution in [3.05, 3.63) is 82.0 Å². The van der Waals surface area contributed by atoms with E-state index in [-0.39, 0.29) is 18.5 Å². The lowest BCUT2D eigenvalue weighted by molar-refractivity contribution is -0.137. The van der Waals surface area contributed by atoms with Crippen LogP contribution in [-0.2, 0) is 19.3 Å². The summed E-state index contributed by atoms with van der Waals surface area (Å²) in [5.74, 6) is -0.234. The van der Waals surface area contributed by atoms with Crippen LogP contribution in [0.25, 0.3) is 0 Å². The molecule has 3 amide bonds. The van der Waals surface area contributed by atoms with E-state index in [0.717, 1.165) is 23.4 Å². The van der Waals surface area contributed by atoms with Gasteiger partial charge in [0.1, 0.15) is 5.00 Å². The predicted octanol–water partition coefficient (Wildman–Crippen LogP) is 4.84. The molecule has 0 unspecified atom stereocenters. The Morgan fingerprint density at radius 3 is 2.58 bits per heavy atom. The molecule has 0 atom stereocenters. The summed E-state index contributed by atoms with van der Waals surface area (Å²) in [6.07, 6.45) is -2.73. The molecule has 1 aliphatic heterocycles. The largest absolute Gasteiger partial charge is 0.416 e. The number of hydrogen-bond donors (Lipinski definition) is 1. The Kier molecular flexibility index (Phi) is 6.37. The van der Waals surface area contributed by atoms with Crippen LogP contribution in [-0.4, -0.2) is 34.9 Å². The van der Waals surface area contributed by atoms with Gasteiger partial charge in [-0.2, -0.15) is 13.2 Å². The van der Waals surface area contributed by atoms with Gasteiger partial charge in [-0.1, -0.05) is 18.2 Å². The molecule has 0 radical (unpaired) electrons. The van der Waals surface area contributed by atoms with Crippen molar-refractivity contribution in [2.24, 2.45) is 0 Å². The molecule has 10 heteroatoms. The molecule has 1 saturated heterocycles. The molecule has 2 aromatic heterocycles. The van der Waals surface area contributed by atoms with Crippen molar-refractivity contribution in [2.45, 2.75) is 26.2 Å². The highest BCUT2D eigenvalue weighted by Crippen LogP contribution is 2.33. The fourth-order valence-corrected chi connectivity index (χ4v) is 4.64. The van der Waals surface area contributed by atoms with Crippen LogP contribution in [0.3, 0.4) is 0 Å². The lowest BCUT2D eigenvalue weighted by Gasteiger charge is -2.18. The molecule has 0 aliphatic carbocycles. The van der Waals surface area contributed by atoms with Crippen molar-refractivity contribution < 1.29 is 22.8 Å². The van der Waals surface area contributed by atoms with E-state index >= 15 is 0 Å². The number of carbonyl (C=O) groups excluding carboxylic acids is 2. The third-order valence-corrected chi connectivity index (χ3v) is 6.54. The van der Waals surface area contributed by atoms with Crippen LogP contribution in [0, 0.1) is 6.92 Å². The Balaban J connectivity index is 1.40. The fraction of sp³-hybridized carbons (Fsp3) is 0.261. The van der Waals surface area contributed by atoms with Crippen molar-refractivity contribution in [2.75, 3.05) is 18.0 Å². The summed E-state index contributed by atoms with van der Waals surface area (Å²) in [5, 5.41) is 3.51. The highest BCUT2D eigenvalue weighted by molar-refractivity contribution is 7.18. The zero-order chi connectivity index (χ0) is 23.6. The molecule has 0 saturated carbocycles. The zero-order valence-electron chi connectivity index (χ0n) is 17.7. The SMILES string of the molecule is Cc1cc(N2CCN(Cc3ccc(C(F)(F)F)cc3)C2=O)sc1C(=O)NCc1ccccn1. The fourth-order valence-electron chi connectivity index (χ4n) is 3.53. The maximum absolute atomic E-state index is 12.9. The second kappa shape index (κ2) is 9.22. The van der Waals surface area contributed by atoms with E-state index in [4.69, 9.17) is 0 Å². The summed E-state index contributed by atoms with van der Waals surface area (Å²) >= 11 is 1.24. The first-order chi connectivity index (χ1) is 15.7. The average Bonchev–Trinajstić information content (AvgIpc) is 3.35. The van der Waals surface area contributed by atoms with Gasteiger partial charge in [-0.3, -0.25) is 14.7 Å². The molecular weight excluding hydrogens is 453 g/mol. The van der Waals surface area contributed by atoms with Crippen LogP contribution >= 0.6 is 11.3 Å². The van der Waals surface area contributed by atoms with Crippen molar-refractivity contribution >= 4 is 28.3 Å². The standard InChI is InChI=1S/C23H21F3N4O2S/c1-15-12-19(33-20(15)21(31)28-13-18-4-2-3-9-27-18)30-11-10-29(22(30)32)14-16-5-7-17(8-6-16)23(24,25)26/h2-9,12H,10-11,13-14H2,1H3,(H,28,31). The summed E-state index contributed by atoms with van der Waals surface area (Å²) in [5.41, 5.74) is 1.41. The lowest BCUT2D eigenvalue weighted by atomic mass is 10.1. The molecule has 0 bridgehead atoms. The number of amides is 3. The van der Waals surface area contributed by atoms with E-state index in [0.29, 0.717) is 35.1 Å².